The van der Waals surface area contributed by atoms with Crippen molar-refractivity contribution in [3.8, 4) is 0 Å². The molecule has 0 radical (unpaired) electrons. The van der Waals surface area contributed by atoms with Gasteiger partial charge in [-0.05, 0) is 36.4 Å². The van der Waals surface area contributed by atoms with Crippen LogP contribution in [0, 0.1) is 5.82 Å². The molecule has 0 unspecified atom stereocenters. The van der Waals surface area contributed by atoms with E-state index in [1.54, 1.807) is 6.07 Å². The topological polar surface area (TPSA) is 55.4 Å². The largest absolute Gasteiger partial charge is 0.452 e. The van der Waals surface area contributed by atoms with Gasteiger partial charge in [-0.15, -0.1) is 0 Å². The molecule has 0 atom stereocenters. The van der Waals surface area contributed by atoms with Gasteiger partial charge in [0.2, 0.25) is 0 Å². The molecule has 0 aliphatic heterocycles. The molecule has 2 aromatic carbocycles. The lowest BCUT2D eigenvalue weighted by Crippen LogP contribution is -2.21. The average molecular weight is 421 g/mol. The Labute approximate surface area is 149 Å². The average Bonchev–Trinajstić information content (AvgIpc) is 2.48. The molecule has 8 heteroatoms. The molecular formula is C15H9BrCl2FNO3. The Bertz CT molecular complexity index is 770. The third-order valence-corrected chi connectivity index (χ3v) is 3.75. The third kappa shape index (κ3) is 4.92. The summed E-state index contributed by atoms with van der Waals surface area (Å²) in [6.45, 7) is -0.586. The van der Waals surface area contributed by atoms with E-state index >= 15 is 0 Å². The fourth-order valence-electron chi connectivity index (χ4n) is 1.64. The molecule has 23 heavy (non-hydrogen) atoms. The van der Waals surface area contributed by atoms with Crippen LogP contribution in [0.5, 0.6) is 0 Å². The fraction of sp³-hybridized carbons (Fsp3) is 0.0667. The van der Waals surface area contributed by atoms with Gasteiger partial charge in [-0.3, -0.25) is 4.79 Å². The first-order valence-corrected chi connectivity index (χ1v) is 7.79. The van der Waals surface area contributed by atoms with E-state index in [0.29, 0.717) is 9.50 Å². The summed E-state index contributed by atoms with van der Waals surface area (Å²) in [5.74, 6) is -2.31. The number of benzene rings is 2. The van der Waals surface area contributed by atoms with E-state index in [1.165, 1.54) is 24.3 Å². The maximum Gasteiger partial charge on any atom is 0.341 e. The molecule has 2 rings (SSSR count). The molecule has 0 bridgehead atoms. The highest BCUT2D eigenvalue weighted by molar-refractivity contribution is 9.10. The zero-order chi connectivity index (χ0) is 17.0. The normalized spacial score (nSPS) is 10.3. The van der Waals surface area contributed by atoms with Gasteiger partial charge in [0.05, 0.1) is 16.3 Å². The van der Waals surface area contributed by atoms with E-state index in [-0.39, 0.29) is 16.3 Å². The number of carbonyl (C=O) groups excluding carboxylic acids is 2. The van der Waals surface area contributed by atoms with Gasteiger partial charge >= 0.3 is 5.97 Å². The molecule has 0 heterocycles. The van der Waals surface area contributed by atoms with Crippen LogP contribution >= 0.6 is 39.1 Å². The summed E-state index contributed by atoms with van der Waals surface area (Å²) in [5, 5.41) is 3.12. The highest BCUT2D eigenvalue weighted by Gasteiger charge is 2.15. The van der Waals surface area contributed by atoms with Crippen LogP contribution < -0.4 is 5.32 Å². The predicted molar refractivity (Wildman–Crippen MR) is 89.5 cm³/mol. The zero-order valence-corrected chi connectivity index (χ0v) is 14.5. The molecule has 0 aliphatic rings. The second kappa shape index (κ2) is 7.77. The van der Waals surface area contributed by atoms with Gasteiger partial charge in [-0.2, -0.15) is 0 Å². The number of esters is 1. The van der Waals surface area contributed by atoms with Crippen molar-refractivity contribution in [2.45, 2.75) is 0 Å². The number of anilines is 1. The summed E-state index contributed by atoms with van der Waals surface area (Å²) in [4.78, 5) is 23.5. The highest BCUT2D eigenvalue weighted by Crippen LogP contribution is 2.25. The summed E-state index contributed by atoms with van der Waals surface area (Å²) in [6.07, 6.45) is 0. The SMILES string of the molecule is O=C(COC(=O)c1ccc(Br)cc1F)Nc1cc(Cl)ccc1Cl. The maximum atomic E-state index is 13.6. The standard InChI is InChI=1S/C15H9BrCl2FNO3/c16-8-1-3-10(12(19)5-8)15(22)23-7-14(21)20-13-6-9(17)2-4-11(13)18/h1-6H,7H2,(H,20,21). The minimum Gasteiger partial charge on any atom is -0.452 e. The van der Waals surface area contributed by atoms with Gasteiger partial charge in [0.15, 0.2) is 6.61 Å². The van der Waals surface area contributed by atoms with Crippen LogP contribution in [-0.4, -0.2) is 18.5 Å². The fourth-order valence-corrected chi connectivity index (χ4v) is 2.31. The molecule has 1 amide bonds. The number of ether oxygens (including phenoxy) is 1. The van der Waals surface area contributed by atoms with Crippen molar-refractivity contribution in [3.63, 3.8) is 0 Å². The maximum absolute atomic E-state index is 13.6. The van der Waals surface area contributed by atoms with E-state index in [1.807, 2.05) is 0 Å². The zero-order valence-electron chi connectivity index (χ0n) is 11.4. The number of amides is 1. The van der Waals surface area contributed by atoms with E-state index < -0.39 is 24.3 Å². The van der Waals surface area contributed by atoms with Crippen molar-refractivity contribution >= 4 is 56.7 Å². The smallest absolute Gasteiger partial charge is 0.341 e. The predicted octanol–water partition coefficient (Wildman–Crippen LogP) is 4.69. The molecule has 2 aromatic rings. The first-order chi connectivity index (χ1) is 10.9. The Kier molecular flexibility index (Phi) is 5.98. The summed E-state index contributed by atoms with van der Waals surface area (Å²) >= 11 is 14.8. The second-order valence-corrected chi connectivity index (χ2v) is 6.13. The highest BCUT2D eigenvalue weighted by atomic mass is 79.9. The Morgan fingerprint density at radius 2 is 1.91 bits per heavy atom. The lowest BCUT2D eigenvalue weighted by molar-refractivity contribution is -0.119. The lowest BCUT2D eigenvalue weighted by Gasteiger charge is -2.09. The van der Waals surface area contributed by atoms with Crippen molar-refractivity contribution in [2.75, 3.05) is 11.9 Å². The minimum atomic E-state index is -0.942. The van der Waals surface area contributed by atoms with E-state index in [4.69, 9.17) is 27.9 Å². The van der Waals surface area contributed by atoms with Crippen LogP contribution in [0.1, 0.15) is 10.4 Å². The first-order valence-electron chi connectivity index (χ1n) is 6.24. The Morgan fingerprint density at radius 3 is 2.61 bits per heavy atom. The van der Waals surface area contributed by atoms with Crippen LogP contribution in [-0.2, 0) is 9.53 Å². The molecule has 0 aliphatic carbocycles. The molecule has 1 N–H and O–H groups in total. The number of rotatable bonds is 4. The molecule has 4 nitrogen and oxygen atoms in total. The summed E-state index contributed by atoms with van der Waals surface area (Å²) < 4.78 is 18.9. The second-order valence-electron chi connectivity index (χ2n) is 4.37. The van der Waals surface area contributed by atoms with Crippen LogP contribution in [0.25, 0.3) is 0 Å². The summed E-state index contributed by atoms with van der Waals surface area (Å²) in [6, 6.07) is 8.41. The molecule has 0 fully saturated rings. The quantitative estimate of drug-likeness (QED) is 0.730. The van der Waals surface area contributed by atoms with Gasteiger partial charge < -0.3 is 10.1 Å². The monoisotopic (exact) mass is 419 g/mol. The van der Waals surface area contributed by atoms with E-state index in [9.17, 15) is 14.0 Å². The first kappa shape index (κ1) is 17.7. The Morgan fingerprint density at radius 1 is 1.17 bits per heavy atom. The minimum absolute atomic E-state index is 0.262. The van der Waals surface area contributed by atoms with Crippen LogP contribution in [0.4, 0.5) is 10.1 Å². The van der Waals surface area contributed by atoms with Crippen LogP contribution in [0.3, 0.4) is 0 Å². The third-order valence-electron chi connectivity index (χ3n) is 2.69. The number of hydrogen-bond acceptors (Lipinski definition) is 3. The number of hydrogen-bond donors (Lipinski definition) is 1. The number of carbonyl (C=O) groups is 2. The van der Waals surface area contributed by atoms with E-state index in [0.717, 1.165) is 6.07 Å². The Hall–Kier alpha value is -1.63. The van der Waals surface area contributed by atoms with Gasteiger partial charge in [0, 0.05) is 9.50 Å². The number of nitrogens with one attached hydrogen (secondary N) is 1. The Balaban J connectivity index is 1.96. The molecule has 0 saturated carbocycles. The van der Waals surface area contributed by atoms with E-state index in [2.05, 4.69) is 21.2 Å². The molecular weight excluding hydrogens is 412 g/mol. The van der Waals surface area contributed by atoms with Crippen molar-refractivity contribution in [3.05, 3.63) is 62.3 Å². The molecule has 120 valence electrons. The van der Waals surface area contributed by atoms with Gasteiger partial charge in [-0.1, -0.05) is 39.1 Å². The lowest BCUT2D eigenvalue weighted by atomic mass is 10.2. The van der Waals surface area contributed by atoms with Crippen molar-refractivity contribution in [1.29, 1.82) is 0 Å². The molecule has 0 saturated heterocycles. The van der Waals surface area contributed by atoms with Crippen molar-refractivity contribution in [1.82, 2.24) is 0 Å². The van der Waals surface area contributed by atoms with Crippen LogP contribution in [0.2, 0.25) is 10.0 Å². The van der Waals surface area contributed by atoms with Crippen LogP contribution in [0.15, 0.2) is 40.9 Å². The van der Waals surface area contributed by atoms with Crippen molar-refractivity contribution in [2.24, 2.45) is 0 Å². The van der Waals surface area contributed by atoms with Gasteiger partial charge in [-0.25, -0.2) is 9.18 Å². The summed E-state index contributed by atoms with van der Waals surface area (Å²) in [7, 11) is 0. The van der Waals surface area contributed by atoms with Gasteiger partial charge in [0.1, 0.15) is 5.82 Å². The van der Waals surface area contributed by atoms with Gasteiger partial charge in [0.25, 0.3) is 5.91 Å². The van der Waals surface area contributed by atoms with Crippen molar-refractivity contribution < 1.29 is 18.7 Å². The molecule has 0 aromatic heterocycles. The number of halogens is 4. The molecule has 0 spiro atoms. The summed E-state index contributed by atoms with van der Waals surface area (Å²) in [5.41, 5.74) is 0.0248.